The fraction of sp³-hybridized carbons (Fsp3) is 0.222. The molecule has 126 valence electrons. The minimum Gasteiger partial charge on any atom is -0.504 e. The zero-order chi connectivity index (χ0) is 17.4. The number of carbonyl (C=O) groups is 1. The normalized spacial score (nSPS) is 10.6. The molecular formula is C18H20N2O4. The van der Waals surface area contributed by atoms with Crippen molar-refractivity contribution >= 4 is 12.1 Å². The van der Waals surface area contributed by atoms with Crippen LogP contribution in [0.5, 0.6) is 17.2 Å². The summed E-state index contributed by atoms with van der Waals surface area (Å²) in [6.07, 6.45) is 2.41. The van der Waals surface area contributed by atoms with Gasteiger partial charge in [-0.05, 0) is 47.9 Å². The molecule has 0 heterocycles. The van der Waals surface area contributed by atoms with Gasteiger partial charge in [-0.1, -0.05) is 19.1 Å². The van der Waals surface area contributed by atoms with Crippen molar-refractivity contribution in [3.05, 3.63) is 53.6 Å². The van der Waals surface area contributed by atoms with Gasteiger partial charge in [0.05, 0.1) is 13.3 Å². The van der Waals surface area contributed by atoms with Gasteiger partial charge < -0.3 is 14.6 Å². The van der Waals surface area contributed by atoms with Gasteiger partial charge in [0.1, 0.15) is 5.75 Å². The molecule has 0 bridgehead atoms. The van der Waals surface area contributed by atoms with E-state index in [2.05, 4.69) is 17.5 Å². The van der Waals surface area contributed by atoms with Crippen LogP contribution in [0.4, 0.5) is 0 Å². The summed E-state index contributed by atoms with van der Waals surface area (Å²) in [6, 6.07) is 12.3. The highest BCUT2D eigenvalue weighted by Gasteiger charge is 2.03. The number of hydrogen-bond donors (Lipinski definition) is 2. The molecule has 0 aliphatic rings. The molecule has 2 rings (SSSR count). The van der Waals surface area contributed by atoms with Crippen molar-refractivity contribution in [2.45, 2.75) is 13.3 Å². The Kier molecular flexibility index (Phi) is 6.19. The second-order valence-corrected chi connectivity index (χ2v) is 5.01. The Bertz CT molecular complexity index is 711. The molecule has 2 N–H and O–H groups in total. The first-order valence-electron chi connectivity index (χ1n) is 7.53. The van der Waals surface area contributed by atoms with Crippen LogP contribution in [0.25, 0.3) is 0 Å². The molecular weight excluding hydrogens is 308 g/mol. The Balaban J connectivity index is 1.81. The third-order valence-corrected chi connectivity index (χ3v) is 3.31. The van der Waals surface area contributed by atoms with Crippen LogP contribution in [-0.2, 0) is 11.2 Å². The van der Waals surface area contributed by atoms with Gasteiger partial charge in [-0.2, -0.15) is 5.10 Å². The Labute approximate surface area is 140 Å². The molecule has 1 amide bonds. The van der Waals surface area contributed by atoms with E-state index in [0.717, 1.165) is 6.42 Å². The lowest BCUT2D eigenvalue weighted by Crippen LogP contribution is -2.24. The summed E-state index contributed by atoms with van der Waals surface area (Å²) in [7, 11) is 1.46. The van der Waals surface area contributed by atoms with Crippen molar-refractivity contribution in [2.75, 3.05) is 13.7 Å². The highest BCUT2D eigenvalue weighted by atomic mass is 16.5. The van der Waals surface area contributed by atoms with Gasteiger partial charge in [0, 0.05) is 0 Å². The second kappa shape index (κ2) is 8.57. The molecule has 6 nitrogen and oxygen atoms in total. The van der Waals surface area contributed by atoms with Crippen LogP contribution in [0.2, 0.25) is 0 Å². The number of benzene rings is 2. The van der Waals surface area contributed by atoms with Crippen LogP contribution >= 0.6 is 0 Å². The maximum atomic E-state index is 11.7. The number of aryl methyl sites for hydroxylation is 1. The standard InChI is InChI=1S/C18H20N2O4/c1-3-13-4-7-15(8-5-13)24-12-18(22)20-19-11-14-6-9-16(21)17(10-14)23-2/h4-11,21H,3,12H2,1-2H3,(H,20,22). The molecule has 0 spiro atoms. The van der Waals surface area contributed by atoms with Gasteiger partial charge in [-0.3, -0.25) is 4.79 Å². The molecule has 0 aliphatic heterocycles. The quantitative estimate of drug-likeness (QED) is 0.604. The van der Waals surface area contributed by atoms with E-state index in [1.54, 1.807) is 12.1 Å². The van der Waals surface area contributed by atoms with E-state index in [1.165, 1.54) is 25.0 Å². The van der Waals surface area contributed by atoms with Crippen LogP contribution in [0, 0.1) is 0 Å². The highest BCUT2D eigenvalue weighted by Crippen LogP contribution is 2.25. The monoisotopic (exact) mass is 328 g/mol. The van der Waals surface area contributed by atoms with Crippen molar-refractivity contribution in [3.63, 3.8) is 0 Å². The van der Waals surface area contributed by atoms with Crippen molar-refractivity contribution in [1.82, 2.24) is 5.43 Å². The number of methoxy groups -OCH3 is 1. The number of nitrogens with one attached hydrogen (secondary N) is 1. The Hall–Kier alpha value is -3.02. The van der Waals surface area contributed by atoms with E-state index in [4.69, 9.17) is 9.47 Å². The number of aromatic hydroxyl groups is 1. The summed E-state index contributed by atoms with van der Waals surface area (Å²) in [4.78, 5) is 11.7. The molecule has 24 heavy (non-hydrogen) atoms. The largest absolute Gasteiger partial charge is 0.504 e. The maximum Gasteiger partial charge on any atom is 0.277 e. The van der Waals surface area contributed by atoms with E-state index < -0.39 is 0 Å². The van der Waals surface area contributed by atoms with Crippen LogP contribution in [0.3, 0.4) is 0 Å². The predicted octanol–water partition coefficient (Wildman–Crippen LogP) is 2.49. The van der Waals surface area contributed by atoms with E-state index in [-0.39, 0.29) is 18.3 Å². The van der Waals surface area contributed by atoms with Crippen LogP contribution < -0.4 is 14.9 Å². The summed E-state index contributed by atoms with van der Waals surface area (Å²) in [5.74, 6) is 0.650. The number of ether oxygens (including phenoxy) is 2. The fourth-order valence-corrected chi connectivity index (χ4v) is 1.96. The van der Waals surface area contributed by atoms with Gasteiger partial charge in [-0.15, -0.1) is 0 Å². The molecule has 6 heteroatoms. The summed E-state index contributed by atoms with van der Waals surface area (Å²) in [5, 5.41) is 13.3. The van der Waals surface area contributed by atoms with Crippen molar-refractivity contribution < 1.29 is 19.4 Å². The molecule has 2 aromatic rings. The average Bonchev–Trinajstić information content (AvgIpc) is 2.61. The van der Waals surface area contributed by atoms with E-state index >= 15 is 0 Å². The summed E-state index contributed by atoms with van der Waals surface area (Å²) >= 11 is 0. The topological polar surface area (TPSA) is 80.2 Å². The molecule has 0 atom stereocenters. The van der Waals surface area contributed by atoms with Gasteiger partial charge in [0.15, 0.2) is 18.1 Å². The predicted molar refractivity (Wildman–Crippen MR) is 91.7 cm³/mol. The number of amides is 1. The highest BCUT2D eigenvalue weighted by molar-refractivity contribution is 5.83. The lowest BCUT2D eigenvalue weighted by molar-refractivity contribution is -0.123. The minimum absolute atomic E-state index is 0.0428. The molecule has 0 saturated carbocycles. The number of rotatable bonds is 7. The third-order valence-electron chi connectivity index (χ3n) is 3.31. The summed E-state index contributed by atoms with van der Waals surface area (Å²) < 4.78 is 10.4. The molecule has 0 aromatic heterocycles. The maximum absolute atomic E-state index is 11.7. The zero-order valence-corrected chi connectivity index (χ0v) is 13.7. The summed E-state index contributed by atoms with van der Waals surface area (Å²) in [5.41, 5.74) is 4.27. The van der Waals surface area contributed by atoms with Gasteiger partial charge in [0.2, 0.25) is 0 Å². The van der Waals surface area contributed by atoms with Crippen LogP contribution in [-0.4, -0.2) is 30.9 Å². The molecule has 2 aromatic carbocycles. The SMILES string of the molecule is CCc1ccc(OCC(=O)NN=Cc2ccc(O)c(OC)c2)cc1. The smallest absolute Gasteiger partial charge is 0.277 e. The lowest BCUT2D eigenvalue weighted by atomic mass is 10.2. The minimum atomic E-state index is -0.364. The van der Waals surface area contributed by atoms with E-state index in [0.29, 0.717) is 17.1 Å². The molecule has 0 aliphatic carbocycles. The number of hydrogen-bond acceptors (Lipinski definition) is 5. The average molecular weight is 328 g/mol. The van der Waals surface area contributed by atoms with Crippen LogP contribution in [0.1, 0.15) is 18.1 Å². The fourth-order valence-electron chi connectivity index (χ4n) is 1.96. The van der Waals surface area contributed by atoms with Gasteiger partial charge in [0.25, 0.3) is 5.91 Å². The Morgan fingerprint density at radius 2 is 2.00 bits per heavy atom. The first-order chi connectivity index (χ1) is 11.6. The molecule has 0 radical (unpaired) electrons. The van der Waals surface area contributed by atoms with Gasteiger partial charge in [-0.25, -0.2) is 5.43 Å². The second-order valence-electron chi connectivity index (χ2n) is 5.01. The first kappa shape index (κ1) is 17.3. The Morgan fingerprint density at radius 1 is 1.25 bits per heavy atom. The Morgan fingerprint density at radius 3 is 2.67 bits per heavy atom. The van der Waals surface area contributed by atoms with Gasteiger partial charge >= 0.3 is 0 Å². The van der Waals surface area contributed by atoms with E-state index in [9.17, 15) is 9.90 Å². The van der Waals surface area contributed by atoms with E-state index in [1.807, 2.05) is 24.3 Å². The molecule has 0 unspecified atom stereocenters. The molecule has 0 saturated heterocycles. The number of phenolic OH excluding ortho intramolecular Hbond substituents is 1. The van der Waals surface area contributed by atoms with Crippen molar-refractivity contribution in [3.8, 4) is 17.2 Å². The van der Waals surface area contributed by atoms with Crippen molar-refractivity contribution in [1.29, 1.82) is 0 Å². The number of carbonyl (C=O) groups excluding carboxylic acids is 1. The van der Waals surface area contributed by atoms with Crippen molar-refractivity contribution in [2.24, 2.45) is 5.10 Å². The summed E-state index contributed by atoms with van der Waals surface area (Å²) in [6.45, 7) is 1.95. The van der Waals surface area contributed by atoms with Crippen LogP contribution in [0.15, 0.2) is 47.6 Å². The lowest BCUT2D eigenvalue weighted by Gasteiger charge is -2.06. The number of nitrogens with zero attached hydrogens (tertiary/aromatic N) is 1. The third kappa shape index (κ3) is 5.01. The zero-order valence-electron chi connectivity index (χ0n) is 13.7. The number of hydrazone groups is 1. The molecule has 0 fully saturated rings. The first-order valence-corrected chi connectivity index (χ1v) is 7.53. The number of phenols is 1.